The van der Waals surface area contributed by atoms with Gasteiger partial charge in [-0.3, -0.25) is 4.79 Å². The van der Waals surface area contributed by atoms with Crippen LogP contribution in [0.4, 0.5) is 0 Å². The zero-order valence-corrected chi connectivity index (χ0v) is 4.57. The molecule has 0 rings (SSSR count). The Bertz CT molecular complexity index is 115. The van der Waals surface area contributed by atoms with Crippen LogP contribution in [0.5, 0.6) is 0 Å². The van der Waals surface area contributed by atoms with Gasteiger partial charge in [0.1, 0.15) is 0 Å². The molecule has 0 unspecified atom stereocenters. The first-order valence-corrected chi connectivity index (χ1v) is 2.16. The number of ketones is 1. The van der Waals surface area contributed by atoms with Crippen molar-refractivity contribution < 1.29 is 4.79 Å². The van der Waals surface area contributed by atoms with Gasteiger partial charge in [-0.1, -0.05) is 11.6 Å². The molecule has 0 fully saturated rings. The largest absolute Gasteiger partial charge is 0.297 e. The molecule has 0 heterocycles. The highest BCUT2D eigenvalue weighted by Gasteiger charge is 2.05. The topological polar surface area (TPSA) is 40.9 Å². The highest BCUT2D eigenvalue weighted by atomic mass is 35.5. The minimum atomic E-state index is -0.958. The van der Waals surface area contributed by atoms with Crippen LogP contribution in [0.15, 0.2) is 0 Å². The van der Waals surface area contributed by atoms with Crippen LogP contribution in [0.1, 0.15) is 6.92 Å². The zero-order valence-electron chi connectivity index (χ0n) is 3.81. The summed E-state index contributed by atoms with van der Waals surface area (Å²) in [5, 5.41) is 6.94. The lowest BCUT2D eigenvalue weighted by atomic mass is 10.3. The van der Waals surface area contributed by atoms with E-state index < -0.39 is 5.38 Å². The summed E-state index contributed by atoms with van der Waals surface area (Å²) in [5.74, 6) is -0.302. The van der Waals surface area contributed by atoms with Gasteiger partial charge in [0.15, 0.2) is 11.2 Å². The van der Waals surface area contributed by atoms with Crippen molar-refractivity contribution in [3.8, 4) is 6.07 Å². The number of halogens is 1. The van der Waals surface area contributed by atoms with Crippen LogP contribution in [0.2, 0.25) is 0 Å². The first-order valence-electron chi connectivity index (χ1n) is 1.72. The van der Waals surface area contributed by atoms with E-state index in [2.05, 4.69) is 0 Å². The van der Waals surface area contributed by atoms with E-state index in [1.165, 1.54) is 6.92 Å². The van der Waals surface area contributed by atoms with Gasteiger partial charge in [0, 0.05) is 0 Å². The van der Waals surface area contributed by atoms with Gasteiger partial charge < -0.3 is 0 Å². The van der Waals surface area contributed by atoms with Crippen LogP contribution in [0, 0.1) is 11.3 Å². The van der Waals surface area contributed by atoms with Gasteiger partial charge in [-0.15, -0.1) is 0 Å². The van der Waals surface area contributed by atoms with Crippen molar-refractivity contribution in [1.29, 1.82) is 5.26 Å². The summed E-state index contributed by atoms with van der Waals surface area (Å²) in [6.07, 6.45) is 0. The molecule has 7 heavy (non-hydrogen) atoms. The van der Waals surface area contributed by atoms with Crippen LogP contribution < -0.4 is 0 Å². The first-order chi connectivity index (χ1) is 3.18. The van der Waals surface area contributed by atoms with Gasteiger partial charge in [-0.2, -0.15) is 5.26 Å². The van der Waals surface area contributed by atoms with E-state index >= 15 is 0 Å². The standard InChI is InChI=1S/C4H4ClNO/c1-3(7)4(5)2-6/h4H,1H3/t4-/m0/s1. The third kappa shape index (κ3) is 2.18. The Balaban J connectivity index is 3.63. The molecule has 0 amide bonds. The van der Waals surface area contributed by atoms with Crippen molar-refractivity contribution in [3.63, 3.8) is 0 Å². The van der Waals surface area contributed by atoms with E-state index in [-0.39, 0.29) is 5.78 Å². The number of rotatable bonds is 1. The molecule has 0 saturated heterocycles. The number of hydrogen-bond acceptors (Lipinski definition) is 2. The van der Waals surface area contributed by atoms with Crippen molar-refractivity contribution in [1.82, 2.24) is 0 Å². The molecule has 0 N–H and O–H groups in total. The Morgan fingerprint density at radius 2 is 2.43 bits per heavy atom. The summed E-state index contributed by atoms with van der Waals surface area (Å²) in [7, 11) is 0. The van der Waals surface area contributed by atoms with E-state index in [1.807, 2.05) is 0 Å². The predicted molar refractivity (Wildman–Crippen MR) is 25.9 cm³/mol. The second-order valence-electron chi connectivity index (χ2n) is 1.10. The number of nitrogens with zero attached hydrogens (tertiary/aromatic N) is 1. The number of alkyl halides is 1. The monoisotopic (exact) mass is 117 g/mol. The number of carbonyl (C=O) groups is 1. The number of hydrogen-bond donors (Lipinski definition) is 0. The minimum absolute atomic E-state index is 0.302. The molecule has 0 bridgehead atoms. The van der Waals surface area contributed by atoms with Gasteiger partial charge in [0.2, 0.25) is 0 Å². The first kappa shape index (κ1) is 6.45. The average Bonchev–Trinajstić information content (AvgIpc) is 1.65. The van der Waals surface area contributed by atoms with Gasteiger partial charge >= 0.3 is 0 Å². The smallest absolute Gasteiger partial charge is 0.178 e. The third-order valence-electron chi connectivity index (χ3n) is 0.470. The summed E-state index contributed by atoms with van der Waals surface area (Å²) in [6.45, 7) is 1.28. The number of carbonyl (C=O) groups excluding carboxylic acids is 1. The summed E-state index contributed by atoms with van der Waals surface area (Å²) in [4.78, 5) is 10.0. The Morgan fingerprint density at radius 3 is 2.43 bits per heavy atom. The van der Waals surface area contributed by atoms with E-state index in [0.29, 0.717) is 0 Å². The van der Waals surface area contributed by atoms with E-state index in [1.54, 1.807) is 6.07 Å². The lowest BCUT2D eigenvalue weighted by molar-refractivity contribution is -0.115. The fourth-order valence-corrected chi connectivity index (χ4v) is 0.0909. The highest BCUT2D eigenvalue weighted by Crippen LogP contribution is 1.91. The van der Waals surface area contributed by atoms with Crippen molar-refractivity contribution in [2.24, 2.45) is 0 Å². The molecule has 0 aliphatic rings. The average molecular weight is 118 g/mol. The molecule has 38 valence electrons. The van der Waals surface area contributed by atoms with Crippen molar-refractivity contribution in [2.75, 3.05) is 0 Å². The van der Waals surface area contributed by atoms with Crippen molar-refractivity contribution in [3.05, 3.63) is 0 Å². The summed E-state index contributed by atoms with van der Waals surface area (Å²) in [6, 6.07) is 1.58. The Kier molecular flexibility index (Phi) is 2.39. The normalized spacial score (nSPS) is 12.1. The molecule has 0 radical (unpaired) electrons. The molecule has 0 spiro atoms. The SMILES string of the molecule is CC(=O)[C@@H](Cl)C#N. The minimum Gasteiger partial charge on any atom is -0.297 e. The molecule has 2 nitrogen and oxygen atoms in total. The van der Waals surface area contributed by atoms with Crippen molar-refractivity contribution >= 4 is 17.4 Å². The second-order valence-corrected chi connectivity index (χ2v) is 1.54. The van der Waals surface area contributed by atoms with Crippen LogP contribution in [0.3, 0.4) is 0 Å². The van der Waals surface area contributed by atoms with E-state index in [9.17, 15) is 4.79 Å². The third-order valence-corrected chi connectivity index (χ3v) is 0.875. The van der Waals surface area contributed by atoms with Crippen LogP contribution in [-0.2, 0) is 4.79 Å². The zero-order chi connectivity index (χ0) is 5.86. The maximum absolute atomic E-state index is 10.0. The van der Waals surface area contributed by atoms with Gasteiger partial charge in [-0.25, -0.2) is 0 Å². The van der Waals surface area contributed by atoms with Crippen LogP contribution in [0.25, 0.3) is 0 Å². The molecule has 0 saturated carbocycles. The second kappa shape index (κ2) is 2.59. The quantitative estimate of drug-likeness (QED) is 0.475. The summed E-state index contributed by atoms with van der Waals surface area (Å²) in [5.41, 5.74) is 0. The van der Waals surface area contributed by atoms with Crippen LogP contribution >= 0.6 is 11.6 Å². The summed E-state index contributed by atoms with van der Waals surface area (Å²) >= 11 is 5.09. The molecule has 0 aliphatic heterocycles. The molecule has 0 aromatic carbocycles. The molecular formula is C4H4ClNO. The Labute approximate surface area is 46.7 Å². The maximum Gasteiger partial charge on any atom is 0.178 e. The van der Waals surface area contributed by atoms with Crippen LogP contribution in [-0.4, -0.2) is 11.2 Å². The lowest BCUT2D eigenvalue weighted by Crippen LogP contribution is -2.05. The molecular weight excluding hydrogens is 114 g/mol. The van der Waals surface area contributed by atoms with Crippen molar-refractivity contribution in [2.45, 2.75) is 12.3 Å². The summed E-state index contributed by atoms with van der Waals surface area (Å²) < 4.78 is 0. The number of nitriles is 1. The van der Waals surface area contributed by atoms with Gasteiger partial charge in [-0.05, 0) is 6.92 Å². The molecule has 0 aliphatic carbocycles. The Morgan fingerprint density at radius 1 is 2.00 bits per heavy atom. The van der Waals surface area contributed by atoms with Gasteiger partial charge in [0.25, 0.3) is 0 Å². The fraction of sp³-hybridized carbons (Fsp3) is 0.500. The number of Topliss-reactive ketones (excluding diaryl/α,β-unsaturated/α-hetero) is 1. The molecule has 1 atom stereocenters. The Hall–Kier alpha value is -0.550. The maximum atomic E-state index is 10.0. The van der Waals surface area contributed by atoms with E-state index in [0.717, 1.165) is 0 Å². The fourth-order valence-electron chi connectivity index (χ4n) is 0.0909. The lowest BCUT2D eigenvalue weighted by Gasteiger charge is -1.85. The molecule has 3 heteroatoms. The molecule has 0 aromatic rings. The van der Waals surface area contributed by atoms with Gasteiger partial charge in [0.05, 0.1) is 6.07 Å². The van der Waals surface area contributed by atoms with E-state index in [4.69, 9.17) is 16.9 Å². The predicted octanol–water partition coefficient (Wildman–Crippen LogP) is 0.706. The highest BCUT2D eigenvalue weighted by molar-refractivity contribution is 6.32. The molecule has 0 aromatic heterocycles.